The molecule has 124 valence electrons. The van der Waals surface area contributed by atoms with Gasteiger partial charge in [0.15, 0.2) is 5.75 Å². The molecule has 1 atom stereocenters. The Morgan fingerprint density at radius 2 is 1.65 bits per heavy atom. The number of hydrogen-bond acceptors (Lipinski definition) is 2. The van der Waals surface area contributed by atoms with Gasteiger partial charge >= 0.3 is 0 Å². The molecule has 1 heterocycles. The lowest BCUT2D eigenvalue weighted by Crippen LogP contribution is -2.07. The number of anilines is 1. The van der Waals surface area contributed by atoms with Crippen molar-refractivity contribution in [3.05, 3.63) is 88.9 Å². The largest absolute Gasteiger partial charge is 0.455 e. The van der Waals surface area contributed by atoms with E-state index in [1.54, 1.807) is 6.07 Å². The molecule has 0 fully saturated rings. The van der Waals surface area contributed by atoms with Gasteiger partial charge in [-0.1, -0.05) is 59.8 Å². The molecule has 1 aliphatic rings. The summed E-state index contributed by atoms with van der Waals surface area (Å²) in [5, 5.41) is 4.04. The standard InChI is InChI=1S/C23H14ClNO/c24-18-14-15-21-23(16-18)26-22-13-7-5-11-19(22)20(25-21)12-6-4-10-17-8-2-1-3-9-17/h1-3,5,7-9,11,13-16,20,25H/t20-/m1/s1. The molecule has 4 rings (SSSR count). The number of fused-ring (bicyclic) bond motifs is 2. The Kier molecular flexibility index (Phi) is 4.52. The Bertz CT molecular complexity index is 1070. The Labute approximate surface area is 157 Å². The zero-order valence-corrected chi connectivity index (χ0v) is 14.5. The van der Waals surface area contributed by atoms with Crippen LogP contribution in [-0.2, 0) is 0 Å². The summed E-state index contributed by atoms with van der Waals surface area (Å²) in [5.41, 5.74) is 2.76. The highest BCUT2D eigenvalue weighted by Crippen LogP contribution is 2.40. The highest BCUT2D eigenvalue weighted by molar-refractivity contribution is 6.30. The van der Waals surface area contributed by atoms with E-state index in [0.29, 0.717) is 10.8 Å². The monoisotopic (exact) mass is 355 g/mol. The van der Waals surface area contributed by atoms with Gasteiger partial charge in [-0.2, -0.15) is 0 Å². The second-order valence-electron chi connectivity index (χ2n) is 5.74. The van der Waals surface area contributed by atoms with E-state index in [4.69, 9.17) is 16.3 Å². The maximum atomic E-state index is 6.10. The smallest absolute Gasteiger partial charge is 0.152 e. The van der Waals surface area contributed by atoms with Crippen LogP contribution in [0.15, 0.2) is 72.8 Å². The van der Waals surface area contributed by atoms with Gasteiger partial charge < -0.3 is 10.1 Å². The fourth-order valence-electron chi connectivity index (χ4n) is 2.71. The van der Waals surface area contributed by atoms with E-state index in [9.17, 15) is 0 Å². The molecule has 3 aromatic rings. The Hall–Kier alpha value is -3.33. The average Bonchev–Trinajstić information content (AvgIpc) is 2.82. The van der Waals surface area contributed by atoms with Crippen LogP contribution < -0.4 is 10.1 Å². The van der Waals surface area contributed by atoms with Crippen LogP contribution in [-0.4, -0.2) is 0 Å². The maximum absolute atomic E-state index is 6.10. The van der Waals surface area contributed by atoms with E-state index < -0.39 is 0 Å². The topological polar surface area (TPSA) is 21.3 Å². The molecule has 3 heteroatoms. The minimum absolute atomic E-state index is 0.223. The molecular weight excluding hydrogens is 342 g/mol. The molecule has 0 saturated heterocycles. The van der Waals surface area contributed by atoms with Crippen molar-refractivity contribution in [3.63, 3.8) is 0 Å². The highest BCUT2D eigenvalue weighted by atomic mass is 35.5. The summed E-state index contributed by atoms with van der Waals surface area (Å²) in [6.45, 7) is 0. The van der Waals surface area contributed by atoms with Crippen molar-refractivity contribution in [1.82, 2.24) is 0 Å². The lowest BCUT2D eigenvalue weighted by atomic mass is 10.1. The van der Waals surface area contributed by atoms with Gasteiger partial charge in [0.25, 0.3) is 0 Å². The number of ether oxygens (including phenoxy) is 1. The zero-order chi connectivity index (χ0) is 17.8. The normalized spacial score (nSPS) is 14.0. The van der Waals surface area contributed by atoms with Crippen LogP contribution in [0.4, 0.5) is 5.69 Å². The van der Waals surface area contributed by atoms with E-state index in [-0.39, 0.29) is 6.04 Å². The lowest BCUT2D eigenvalue weighted by molar-refractivity contribution is 0.483. The fraction of sp³-hybridized carbons (Fsp3) is 0.0435. The summed E-state index contributed by atoms with van der Waals surface area (Å²) < 4.78 is 6.04. The van der Waals surface area contributed by atoms with Crippen molar-refractivity contribution in [1.29, 1.82) is 0 Å². The molecule has 1 aliphatic heterocycles. The number of nitrogens with one attached hydrogen (secondary N) is 1. The molecule has 0 radical (unpaired) electrons. The third-order valence-corrected chi connectivity index (χ3v) is 4.19. The number of para-hydroxylation sites is 1. The number of halogens is 1. The van der Waals surface area contributed by atoms with Crippen LogP contribution in [0.5, 0.6) is 11.5 Å². The molecule has 26 heavy (non-hydrogen) atoms. The van der Waals surface area contributed by atoms with Crippen LogP contribution in [0.1, 0.15) is 17.2 Å². The number of rotatable bonds is 0. The molecule has 0 spiro atoms. The fourth-order valence-corrected chi connectivity index (χ4v) is 2.87. The highest BCUT2D eigenvalue weighted by Gasteiger charge is 2.21. The lowest BCUT2D eigenvalue weighted by Gasteiger charge is -2.12. The molecular formula is C23H14ClNO. The van der Waals surface area contributed by atoms with Crippen molar-refractivity contribution in [2.24, 2.45) is 0 Å². The predicted molar refractivity (Wildman–Crippen MR) is 105 cm³/mol. The van der Waals surface area contributed by atoms with Gasteiger partial charge in [0.1, 0.15) is 11.8 Å². The Morgan fingerprint density at radius 1 is 0.846 bits per heavy atom. The first-order valence-electron chi connectivity index (χ1n) is 8.19. The predicted octanol–water partition coefficient (Wildman–Crippen LogP) is 5.65. The van der Waals surface area contributed by atoms with Crippen LogP contribution in [0, 0.1) is 23.7 Å². The van der Waals surface area contributed by atoms with E-state index in [0.717, 1.165) is 22.6 Å². The van der Waals surface area contributed by atoms with Gasteiger partial charge in [0.2, 0.25) is 0 Å². The van der Waals surface area contributed by atoms with Crippen molar-refractivity contribution >= 4 is 17.3 Å². The summed E-state index contributed by atoms with van der Waals surface area (Å²) >= 11 is 6.10. The first kappa shape index (κ1) is 16.2. The first-order chi connectivity index (χ1) is 12.8. The molecule has 0 aliphatic carbocycles. The van der Waals surface area contributed by atoms with Crippen LogP contribution in [0.3, 0.4) is 0 Å². The van der Waals surface area contributed by atoms with Gasteiger partial charge in [-0.25, -0.2) is 0 Å². The third-order valence-electron chi connectivity index (χ3n) is 3.95. The first-order valence-corrected chi connectivity index (χ1v) is 8.57. The van der Waals surface area contributed by atoms with Crippen molar-refractivity contribution in [3.8, 4) is 35.2 Å². The average molecular weight is 356 g/mol. The van der Waals surface area contributed by atoms with Gasteiger partial charge in [-0.15, -0.1) is 0 Å². The summed E-state index contributed by atoms with van der Waals surface area (Å²) in [5.74, 6) is 13.6. The SMILES string of the molecule is Clc1ccc2c(c1)Oc1ccccc1[C@@H](C#CC#Cc1ccccc1)N2. The number of benzene rings is 3. The zero-order valence-electron chi connectivity index (χ0n) is 13.8. The molecule has 0 aromatic heterocycles. The quantitative estimate of drug-likeness (QED) is 0.526. The summed E-state index contributed by atoms with van der Waals surface area (Å²) in [6, 6.07) is 22.9. The van der Waals surface area contributed by atoms with Gasteiger partial charge in [-0.3, -0.25) is 0 Å². The van der Waals surface area contributed by atoms with Gasteiger partial charge in [-0.05, 0) is 42.2 Å². The van der Waals surface area contributed by atoms with Crippen LogP contribution in [0.2, 0.25) is 5.02 Å². The summed E-state index contributed by atoms with van der Waals surface area (Å²) in [6.07, 6.45) is 0. The minimum atomic E-state index is -0.223. The molecule has 0 amide bonds. The van der Waals surface area contributed by atoms with E-state index in [1.165, 1.54) is 0 Å². The van der Waals surface area contributed by atoms with Crippen molar-refractivity contribution in [2.75, 3.05) is 5.32 Å². The number of hydrogen-bond donors (Lipinski definition) is 1. The summed E-state index contributed by atoms with van der Waals surface area (Å²) in [4.78, 5) is 0. The Balaban J connectivity index is 1.69. The second-order valence-corrected chi connectivity index (χ2v) is 6.18. The molecule has 3 aromatic carbocycles. The van der Waals surface area contributed by atoms with E-state index in [1.807, 2.05) is 66.7 Å². The molecule has 0 unspecified atom stereocenters. The molecule has 0 bridgehead atoms. The van der Waals surface area contributed by atoms with Crippen LogP contribution in [0.25, 0.3) is 0 Å². The van der Waals surface area contributed by atoms with Crippen molar-refractivity contribution in [2.45, 2.75) is 6.04 Å². The van der Waals surface area contributed by atoms with Gasteiger partial charge in [0, 0.05) is 22.2 Å². The second kappa shape index (κ2) is 7.28. The maximum Gasteiger partial charge on any atom is 0.152 e. The van der Waals surface area contributed by atoms with E-state index >= 15 is 0 Å². The Morgan fingerprint density at radius 3 is 2.54 bits per heavy atom. The molecule has 0 saturated carbocycles. The third kappa shape index (κ3) is 3.52. The molecule has 2 nitrogen and oxygen atoms in total. The summed E-state index contributed by atoms with van der Waals surface area (Å²) in [7, 11) is 0. The minimum Gasteiger partial charge on any atom is -0.455 e. The molecule has 1 N–H and O–H groups in total. The van der Waals surface area contributed by atoms with Crippen molar-refractivity contribution < 1.29 is 4.74 Å². The van der Waals surface area contributed by atoms with Crippen LogP contribution >= 0.6 is 11.6 Å². The van der Waals surface area contributed by atoms with Gasteiger partial charge in [0.05, 0.1) is 5.69 Å². The van der Waals surface area contributed by atoms with E-state index in [2.05, 4.69) is 29.0 Å².